The van der Waals surface area contributed by atoms with Crippen LogP contribution in [0, 0.1) is 0 Å². The fraction of sp³-hybridized carbons (Fsp3) is 0.0455. The molecule has 1 aliphatic rings. The highest BCUT2D eigenvalue weighted by Crippen LogP contribution is 2.48. The van der Waals surface area contributed by atoms with Gasteiger partial charge in [0.25, 0.3) is 5.91 Å². The molecule has 0 bridgehead atoms. The third-order valence-electron chi connectivity index (χ3n) is 4.76. The number of fused-ring (bicyclic) bond motifs is 2. The first-order valence-electron chi connectivity index (χ1n) is 9.50. The number of rotatable bonds is 4. The molecular formula is C22H14ClN5O3S. The van der Waals surface area contributed by atoms with Crippen molar-refractivity contribution in [2.24, 2.45) is 0 Å². The standard InChI is InChI=1S/C22H14ClN5O3S/c23-15-8-9-20-18(11-15)28(17-6-1-2-7-19(17)32-20)21(29)12-31-22(30)14-4-3-5-16(10-14)27-13-24-25-26-27/h1-11,13H,12H2. The van der Waals surface area contributed by atoms with Crippen LogP contribution >= 0.6 is 23.4 Å². The van der Waals surface area contributed by atoms with Crippen LogP contribution in [0.5, 0.6) is 0 Å². The second-order valence-corrected chi connectivity index (χ2v) is 8.31. The second-order valence-electron chi connectivity index (χ2n) is 6.79. The van der Waals surface area contributed by atoms with Crippen LogP contribution < -0.4 is 4.90 Å². The van der Waals surface area contributed by atoms with Crippen LogP contribution in [0.25, 0.3) is 5.69 Å². The van der Waals surface area contributed by atoms with E-state index in [4.69, 9.17) is 16.3 Å². The fourth-order valence-electron chi connectivity index (χ4n) is 3.33. The molecule has 1 amide bonds. The zero-order valence-corrected chi connectivity index (χ0v) is 18.0. The Labute approximate surface area is 191 Å². The highest BCUT2D eigenvalue weighted by atomic mass is 35.5. The van der Waals surface area contributed by atoms with E-state index in [0.717, 1.165) is 9.79 Å². The number of carbonyl (C=O) groups excluding carboxylic acids is 2. The van der Waals surface area contributed by atoms with E-state index in [9.17, 15) is 9.59 Å². The maximum atomic E-state index is 13.2. The van der Waals surface area contributed by atoms with Crippen LogP contribution in [0.2, 0.25) is 5.02 Å². The van der Waals surface area contributed by atoms with Gasteiger partial charge in [-0.25, -0.2) is 9.48 Å². The molecule has 4 aromatic rings. The predicted octanol–water partition coefficient (Wildman–Crippen LogP) is 4.30. The monoisotopic (exact) mass is 463 g/mol. The van der Waals surface area contributed by atoms with Crippen molar-refractivity contribution in [3.8, 4) is 5.69 Å². The molecule has 158 valence electrons. The van der Waals surface area contributed by atoms with Crippen molar-refractivity contribution in [1.29, 1.82) is 0 Å². The van der Waals surface area contributed by atoms with Gasteiger partial charge < -0.3 is 4.74 Å². The number of carbonyl (C=O) groups is 2. The Kier molecular flexibility index (Phi) is 5.34. The average molecular weight is 464 g/mol. The highest BCUT2D eigenvalue weighted by molar-refractivity contribution is 7.99. The second kappa shape index (κ2) is 8.45. The molecule has 3 aromatic carbocycles. The van der Waals surface area contributed by atoms with Gasteiger partial charge in [0.15, 0.2) is 6.61 Å². The summed E-state index contributed by atoms with van der Waals surface area (Å²) in [4.78, 5) is 29.2. The normalized spacial score (nSPS) is 12.1. The summed E-state index contributed by atoms with van der Waals surface area (Å²) in [7, 11) is 0. The number of amides is 1. The number of hydrogen-bond acceptors (Lipinski definition) is 7. The lowest BCUT2D eigenvalue weighted by Crippen LogP contribution is -2.32. The van der Waals surface area contributed by atoms with Gasteiger partial charge in [0.2, 0.25) is 0 Å². The summed E-state index contributed by atoms with van der Waals surface area (Å²) in [6, 6.07) is 19.6. The van der Waals surface area contributed by atoms with E-state index < -0.39 is 12.6 Å². The predicted molar refractivity (Wildman–Crippen MR) is 119 cm³/mol. The van der Waals surface area contributed by atoms with E-state index in [-0.39, 0.29) is 11.5 Å². The van der Waals surface area contributed by atoms with Crippen molar-refractivity contribution in [2.75, 3.05) is 11.5 Å². The Hall–Kier alpha value is -3.69. The summed E-state index contributed by atoms with van der Waals surface area (Å²) in [6.07, 6.45) is 1.42. The van der Waals surface area contributed by atoms with Gasteiger partial charge in [0.1, 0.15) is 6.33 Å². The number of ether oxygens (including phenoxy) is 1. The minimum atomic E-state index is -0.626. The molecule has 0 atom stereocenters. The number of nitrogens with zero attached hydrogens (tertiary/aromatic N) is 5. The lowest BCUT2D eigenvalue weighted by Gasteiger charge is -2.31. The number of tetrazole rings is 1. The van der Waals surface area contributed by atoms with Gasteiger partial charge in [-0.15, -0.1) is 5.10 Å². The first kappa shape index (κ1) is 20.2. The molecule has 1 aromatic heterocycles. The number of para-hydroxylation sites is 1. The van der Waals surface area contributed by atoms with Crippen molar-refractivity contribution in [3.63, 3.8) is 0 Å². The molecule has 32 heavy (non-hydrogen) atoms. The van der Waals surface area contributed by atoms with Crippen LogP contribution in [0.15, 0.2) is 82.8 Å². The van der Waals surface area contributed by atoms with E-state index in [1.54, 1.807) is 48.2 Å². The van der Waals surface area contributed by atoms with Crippen LogP contribution in [0.3, 0.4) is 0 Å². The summed E-state index contributed by atoms with van der Waals surface area (Å²) in [5.74, 6) is -1.01. The minimum absolute atomic E-state index is 0.281. The molecule has 0 N–H and O–H groups in total. The Morgan fingerprint density at radius 1 is 0.969 bits per heavy atom. The van der Waals surface area contributed by atoms with Gasteiger partial charge in [0, 0.05) is 14.8 Å². The zero-order chi connectivity index (χ0) is 22.1. The topological polar surface area (TPSA) is 90.2 Å². The summed E-state index contributed by atoms with van der Waals surface area (Å²) in [5.41, 5.74) is 2.25. The first-order valence-corrected chi connectivity index (χ1v) is 10.7. The lowest BCUT2D eigenvalue weighted by atomic mass is 10.2. The van der Waals surface area contributed by atoms with Crippen LogP contribution in [0.1, 0.15) is 10.4 Å². The van der Waals surface area contributed by atoms with Crippen molar-refractivity contribution in [2.45, 2.75) is 9.79 Å². The van der Waals surface area contributed by atoms with Gasteiger partial charge in [-0.2, -0.15) is 0 Å². The molecule has 10 heteroatoms. The number of aromatic nitrogens is 4. The molecule has 8 nitrogen and oxygen atoms in total. The van der Waals surface area contributed by atoms with Crippen molar-refractivity contribution >= 4 is 46.6 Å². The van der Waals surface area contributed by atoms with E-state index >= 15 is 0 Å². The molecule has 0 radical (unpaired) electrons. The van der Waals surface area contributed by atoms with E-state index in [1.807, 2.05) is 30.3 Å². The van der Waals surface area contributed by atoms with Gasteiger partial charge in [0.05, 0.1) is 22.6 Å². The Morgan fingerprint density at radius 2 is 1.81 bits per heavy atom. The van der Waals surface area contributed by atoms with E-state index in [0.29, 0.717) is 22.1 Å². The maximum absolute atomic E-state index is 13.2. The van der Waals surface area contributed by atoms with Gasteiger partial charge >= 0.3 is 5.97 Å². The molecular weight excluding hydrogens is 450 g/mol. The smallest absolute Gasteiger partial charge is 0.338 e. The zero-order valence-electron chi connectivity index (χ0n) is 16.4. The molecule has 5 rings (SSSR count). The Balaban J connectivity index is 1.38. The third-order valence-corrected chi connectivity index (χ3v) is 6.12. The lowest BCUT2D eigenvalue weighted by molar-refractivity contribution is -0.121. The highest BCUT2D eigenvalue weighted by Gasteiger charge is 2.29. The number of esters is 1. The molecule has 1 aliphatic heterocycles. The number of benzene rings is 3. The van der Waals surface area contributed by atoms with E-state index in [1.165, 1.54) is 15.9 Å². The van der Waals surface area contributed by atoms with Crippen molar-refractivity contribution < 1.29 is 14.3 Å². The summed E-state index contributed by atoms with van der Waals surface area (Å²) < 4.78 is 6.77. The van der Waals surface area contributed by atoms with Crippen LogP contribution in [-0.2, 0) is 9.53 Å². The molecule has 0 saturated heterocycles. The van der Waals surface area contributed by atoms with Crippen molar-refractivity contribution in [1.82, 2.24) is 20.2 Å². The molecule has 0 unspecified atom stereocenters. The molecule has 0 aliphatic carbocycles. The molecule has 0 fully saturated rings. The molecule has 0 spiro atoms. The minimum Gasteiger partial charge on any atom is -0.452 e. The number of hydrogen-bond donors (Lipinski definition) is 0. The quantitative estimate of drug-likeness (QED) is 0.417. The van der Waals surface area contributed by atoms with Crippen molar-refractivity contribution in [3.05, 3.63) is 83.6 Å². The third kappa shape index (κ3) is 3.83. The first-order chi connectivity index (χ1) is 15.6. The van der Waals surface area contributed by atoms with Crippen LogP contribution in [-0.4, -0.2) is 38.7 Å². The number of halogens is 1. The summed E-state index contributed by atoms with van der Waals surface area (Å²) in [5, 5.41) is 11.5. The average Bonchev–Trinajstić information content (AvgIpc) is 3.36. The Morgan fingerprint density at radius 3 is 2.66 bits per heavy atom. The van der Waals surface area contributed by atoms with Crippen LogP contribution in [0.4, 0.5) is 11.4 Å². The number of anilines is 2. The fourth-order valence-corrected chi connectivity index (χ4v) is 4.53. The molecule has 2 heterocycles. The summed E-state index contributed by atoms with van der Waals surface area (Å²) in [6.45, 7) is -0.432. The van der Waals surface area contributed by atoms with E-state index in [2.05, 4.69) is 15.5 Å². The van der Waals surface area contributed by atoms with Gasteiger partial charge in [-0.1, -0.05) is 41.6 Å². The van der Waals surface area contributed by atoms with Gasteiger partial charge in [-0.05, 0) is 59.0 Å². The SMILES string of the molecule is O=C(OCC(=O)N1c2ccccc2Sc2ccc(Cl)cc21)c1cccc(-n2cnnn2)c1. The Bertz CT molecular complexity index is 1330. The summed E-state index contributed by atoms with van der Waals surface area (Å²) >= 11 is 7.74. The maximum Gasteiger partial charge on any atom is 0.338 e. The molecule has 0 saturated carbocycles. The van der Waals surface area contributed by atoms with Gasteiger partial charge in [-0.3, -0.25) is 9.69 Å². The largest absolute Gasteiger partial charge is 0.452 e.